The molecule has 0 unspecified atom stereocenters. The van der Waals surface area contributed by atoms with E-state index in [0.29, 0.717) is 0 Å². The van der Waals surface area contributed by atoms with E-state index < -0.39 is 11.9 Å². The first-order valence-electron chi connectivity index (χ1n) is 2.97. The van der Waals surface area contributed by atoms with Crippen molar-refractivity contribution in [3.63, 3.8) is 0 Å². The van der Waals surface area contributed by atoms with E-state index in [1.54, 1.807) is 11.8 Å². The fourth-order valence-electron chi connectivity index (χ4n) is 0.352. The van der Waals surface area contributed by atoms with Gasteiger partial charge in [0.2, 0.25) is 0 Å². The first kappa shape index (κ1) is 10.1. The standard InChI is InChI=1S/C8H6O4/c1-3-7(9)11-5-6-12-8(10)4-2/h1-2H,5-6H2. The summed E-state index contributed by atoms with van der Waals surface area (Å²) in [4.78, 5) is 20.6. The van der Waals surface area contributed by atoms with E-state index in [-0.39, 0.29) is 13.2 Å². The largest absolute Gasteiger partial charge is 0.452 e. The maximum Gasteiger partial charge on any atom is 0.384 e. The third-order valence-electron chi connectivity index (χ3n) is 0.785. The van der Waals surface area contributed by atoms with Gasteiger partial charge in [0.25, 0.3) is 0 Å². The summed E-state index contributed by atoms with van der Waals surface area (Å²) in [5.41, 5.74) is 0. The molecule has 0 N–H and O–H groups in total. The van der Waals surface area contributed by atoms with Crippen LogP contribution < -0.4 is 0 Å². The van der Waals surface area contributed by atoms with Crippen LogP contribution in [0.3, 0.4) is 0 Å². The van der Waals surface area contributed by atoms with Crippen LogP contribution in [0.5, 0.6) is 0 Å². The molecule has 0 spiro atoms. The van der Waals surface area contributed by atoms with Gasteiger partial charge in [0.1, 0.15) is 13.2 Å². The van der Waals surface area contributed by atoms with Crippen molar-refractivity contribution < 1.29 is 19.1 Å². The van der Waals surface area contributed by atoms with Crippen LogP contribution in [0, 0.1) is 24.7 Å². The first-order valence-corrected chi connectivity index (χ1v) is 2.97. The lowest BCUT2D eigenvalue weighted by molar-refractivity contribution is -0.144. The van der Waals surface area contributed by atoms with Crippen LogP contribution in [0.25, 0.3) is 0 Å². The summed E-state index contributed by atoms with van der Waals surface area (Å²) in [5.74, 6) is 1.85. The lowest BCUT2D eigenvalue weighted by Crippen LogP contribution is -2.11. The lowest BCUT2D eigenvalue weighted by Gasteiger charge is -1.99. The highest BCUT2D eigenvalue weighted by molar-refractivity contribution is 5.88. The number of hydrogen-bond donors (Lipinski definition) is 0. The van der Waals surface area contributed by atoms with Gasteiger partial charge < -0.3 is 9.47 Å². The molecule has 0 heterocycles. The third-order valence-corrected chi connectivity index (χ3v) is 0.785. The molecule has 0 aliphatic rings. The van der Waals surface area contributed by atoms with Crippen molar-refractivity contribution in [2.45, 2.75) is 0 Å². The van der Waals surface area contributed by atoms with Crippen molar-refractivity contribution >= 4 is 11.9 Å². The monoisotopic (exact) mass is 166 g/mol. The molecule has 0 saturated heterocycles. The van der Waals surface area contributed by atoms with Crippen LogP contribution in [-0.2, 0) is 19.1 Å². The van der Waals surface area contributed by atoms with Gasteiger partial charge in [-0.3, -0.25) is 0 Å². The summed E-state index contributed by atoms with van der Waals surface area (Å²) >= 11 is 0. The zero-order valence-corrected chi connectivity index (χ0v) is 6.20. The lowest BCUT2D eigenvalue weighted by atomic mass is 10.6. The highest BCUT2D eigenvalue weighted by atomic mass is 16.6. The van der Waals surface area contributed by atoms with Crippen LogP contribution in [0.15, 0.2) is 0 Å². The van der Waals surface area contributed by atoms with Gasteiger partial charge in [0, 0.05) is 11.8 Å². The average Bonchev–Trinajstić information content (AvgIpc) is 2.11. The molecule has 0 radical (unpaired) electrons. The molecule has 12 heavy (non-hydrogen) atoms. The number of carbonyl (C=O) groups excluding carboxylic acids is 2. The Morgan fingerprint density at radius 3 is 1.58 bits per heavy atom. The van der Waals surface area contributed by atoms with Crippen molar-refractivity contribution in [1.29, 1.82) is 0 Å². The molecule has 0 amide bonds. The zero-order chi connectivity index (χ0) is 9.40. The van der Waals surface area contributed by atoms with Gasteiger partial charge >= 0.3 is 11.9 Å². The summed E-state index contributed by atoms with van der Waals surface area (Å²) in [5, 5.41) is 0. The summed E-state index contributed by atoms with van der Waals surface area (Å²) in [6.07, 6.45) is 9.35. The SMILES string of the molecule is C#CC(=O)OCCOC(=O)C#C. The Morgan fingerprint density at radius 2 is 1.33 bits per heavy atom. The minimum absolute atomic E-state index is 0.0869. The van der Waals surface area contributed by atoms with Gasteiger partial charge in [-0.05, 0) is 0 Å². The van der Waals surface area contributed by atoms with Crippen molar-refractivity contribution in [2.75, 3.05) is 13.2 Å². The van der Waals surface area contributed by atoms with E-state index >= 15 is 0 Å². The number of carbonyl (C=O) groups is 2. The molecule has 0 aliphatic heterocycles. The second kappa shape index (κ2) is 5.82. The van der Waals surface area contributed by atoms with Gasteiger partial charge in [-0.1, -0.05) is 0 Å². The molecule has 0 fully saturated rings. The summed E-state index contributed by atoms with van der Waals surface area (Å²) in [7, 11) is 0. The Hall–Kier alpha value is -1.94. The van der Waals surface area contributed by atoms with Crippen molar-refractivity contribution in [1.82, 2.24) is 0 Å². The third kappa shape index (κ3) is 4.89. The van der Waals surface area contributed by atoms with E-state index in [4.69, 9.17) is 0 Å². The molecule has 0 aliphatic carbocycles. The second-order valence-corrected chi connectivity index (χ2v) is 1.56. The van der Waals surface area contributed by atoms with Crippen LogP contribution in [0.2, 0.25) is 0 Å². The Labute approximate surface area is 69.8 Å². The number of rotatable bonds is 3. The number of ether oxygens (including phenoxy) is 2. The molecule has 0 aromatic rings. The molecule has 62 valence electrons. The second-order valence-electron chi connectivity index (χ2n) is 1.56. The minimum atomic E-state index is -0.799. The Balaban J connectivity index is 3.36. The zero-order valence-electron chi connectivity index (χ0n) is 6.20. The van der Waals surface area contributed by atoms with E-state index in [9.17, 15) is 9.59 Å². The van der Waals surface area contributed by atoms with Crippen LogP contribution in [0.1, 0.15) is 0 Å². The molecule has 4 heteroatoms. The normalized spacial score (nSPS) is 7.50. The predicted octanol–water partition coefficient (Wildman–Crippen LogP) is -0.661. The predicted molar refractivity (Wildman–Crippen MR) is 39.6 cm³/mol. The molecule has 0 bridgehead atoms. The van der Waals surface area contributed by atoms with Crippen molar-refractivity contribution in [3.05, 3.63) is 0 Å². The number of esters is 2. The van der Waals surface area contributed by atoms with Gasteiger partial charge in [-0.15, -0.1) is 12.8 Å². The molecular weight excluding hydrogens is 160 g/mol. The fraction of sp³-hybridized carbons (Fsp3) is 0.250. The smallest absolute Gasteiger partial charge is 0.384 e. The van der Waals surface area contributed by atoms with Gasteiger partial charge in [-0.2, -0.15) is 0 Å². The molecule has 0 aromatic heterocycles. The van der Waals surface area contributed by atoms with Crippen LogP contribution in [0.4, 0.5) is 0 Å². The number of hydrogen-bond acceptors (Lipinski definition) is 4. The topological polar surface area (TPSA) is 52.6 Å². The van der Waals surface area contributed by atoms with E-state index in [2.05, 4.69) is 22.3 Å². The summed E-state index contributed by atoms with van der Waals surface area (Å²) < 4.78 is 8.73. The maximum absolute atomic E-state index is 10.3. The van der Waals surface area contributed by atoms with Crippen molar-refractivity contribution in [2.24, 2.45) is 0 Å². The van der Waals surface area contributed by atoms with Gasteiger partial charge in [0.15, 0.2) is 0 Å². The molecular formula is C8H6O4. The average molecular weight is 166 g/mol. The Morgan fingerprint density at radius 1 is 1.00 bits per heavy atom. The van der Waals surface area contributed by atoms with E-state index in [1.807, 2.05) is 0 Å². The quantitative estimate of drug-likeness (QED) is 0.242. The molecule has 0 aromatic carbocycles. The summed E-state index contributed by atoms with van der Waals surface area (Å²) in [6, 6.07) is 0. The van der Waals surface area contributed by atoms with E-state index in [1.165, 1.54) is 0 Å². The Bertz CT molecular complexity index is 225. The molecule has 0 saturated carbocycles. The fourth-order valence-corrected chi connectivity index (χ4v) is 0.352. The molecule has 0 atom stereocenters. The first-order chi connectivity index (χ1) is 5.70. The van der Waals surface area contributed by atoms with Gasteiger partial charge in [0.05, 0.1) is 0 Å². The van der Waals surface area contributed by atoms with E-state index in [0.717, 1.165) is 0 Å². The minimum Gasteiger partial charge on any atom is -0.452 e. The van der Waals surface area contributed by atoms with Crippen molar-refractivity contribution in [3.8, 4) is 24.7 Å². The summed E-state index contributed by atoms with van der Waals surface area (Å²) in [6.45, 7) is -0.174. The maximum atomic E-state index is 10.3. The number of terminal acetylenes is 2. The molecule has 4 nitrogen and oxygen atoms in total. The highest BCUT2D eigenvalue weighted by Crippen LogP contribution is 1.79. The Kier molecular flexibility index (Phi) is 4.88. The molecule has 0 rings (SSSR count). The van der Waals surface area contributed by atoms with Crippen LogP contribution >= 0.6 is 0 Å². The van der Waals surface area contributed by atoms with Gasteiger partial charge in [-0.25, -0.2) is 9.59 Å². The van der Waals surface area contributed by atoms with Crippen LogP contribution in [-0.4, -0.2) is 25.2 Å². The highest BCUT2D eigenvalue weighted by Gasteiger charge is 1.98.